The summed E-state index contributed by atoms with van der Waals surface area (Å²) in [6.45, 7) is 6.13. The fourth-order valence-corrected chi connectivity index (χ4v) is 5.41. The third kappa shape index (κ3) is 5.45. The van der Waals surface area contributed by atoms with E-state index in [9.17, 15) is 4.79 Å². The van der Waals surface area contributed by atoms with Gasteiger partial charge in [0, 0.05) is 35.6 Å². The highest BCUT2D eigenvalue weighted by Gasteiger charge is 2.26. The summed E-state index contributed by atoms with van der Waals surface area (Å²) in [6, 6.07) is 22.7. The molecule has 0 fully saturated rings. The van der Waals surface area contributed by atoms with Crippen molar-refractivity contribution in [2.24, 2.45) is 0 Å². The topological polar surface area (TPSA) is 79.7 Å². The smallest absolute Gasteiger partial charge is 0.252 e. The Morgan fingerprint density at radius 3 is 2.69 bits per heavy atom. The van der Waals surface area contributed by atoms with Crippen molar-refractivity contribution in [3.8, 4) is 0 Å². The van der Waals surface area contributed by atoms with Crippen LogP contribution in [0.1, 0.15) is 46.8 Å². The van der Waals surface area contributed by atoms with Crippen molar-refractivity contribution in [3.63, 3.8) is 0 Å². The highest BCUT2D eigenvalue weighted by atomic mass is 32.1. The highest BCUT2D eigenvalue weighted by Crippen LogP contribution is 2.28. The van der Waals surface area contributed by atoms with Gasteiger partial charge in [0.1, 0.15) is 0 Å². The Morgan fingerprint density at radius 1 is 1.06 bits per heavy atom. The van der Waals surface area contributed by atoms with E-state index in [4.69, 9.17) is 0 Å². The van der Waals surface area contributed by atoms with E-state index in [0.717, 1.165) is 35.1 Å². The molecule has 0 aliphatic carbocycles. The number of rotatable bonds is 10. The molecule has 0 aliphatic rings. The average molecular weight is 499 g/mol. The van der Waals surface area contributed by atoms with E-state index in [-0.39, 0.29) is 11.6 Å². The van der Waals surface area contributed by atoms with Crippen molar-refractivity contribution in [1.29, 1.82) is 0 Å². The number of thiophene rings is 1. The lowest BCUT2D eigenvalue weighted by atomic mass is 10.1. The maximum absolute atomic E-state index is 13.1. The van der Waals surface area contributed by atoms with E-state index >= 15 is 0 Å². The maximum atomic E-state index is 13.1. The quantitative estimate of drug-likeness (QED) is 0.283. The zero-order valence-corrected chi connectivity index (χ0v) is 21.4. The van der Waals surface area contributed by atoms with Crippen molar-refractivity contribution >= 4 is 22.2 Å². The summed E-state index contributed by atoms with van der Waals surface area (Å²) in [4.78, 5) is 19.7. The van der Waals surface area contributed by atoms with Crippen LogP contribution in [-0.2, 0) is 26.1 Å². The van der Waals surface area contributed by atoms with E-state index in [1.54, 1.807) is 11.3 Å². The van der Waals surface area contributed by atoms with Crippen LogP contribution in [0.3, 0.4) is 0 Å². The van der Waals surface area contributed by atoms with Crippen LogP contribution in [0.5, 0.6) is 0 Å². The molecular formula is C28H30N6OS. The number of nitrogens with one attached hydrogen (secondary N) is 1. The Labute approximate surface area is 214 Å². The Morgan fingerprint density at radius 2 is 1.92 bits per heavy atom. The minimum absolute atomic E-state index is 0.0366. The molecular weight excluding hydrogens is 468 g/mol. The molecule has 0 unspecified atom stereocenters. The minimum Gasteiger partial charge on any atom is -0.322 e. The molecule has 36 heavy (non-hydrogen) atoms. The third-order valence-electron chi connectivity index (χ3n) is 6.53. The molecule has 0 amide bonds. The molecule has 2 aromatic carbocycles. The largest absolute Gasteiger partial charge is 0.322 e. The van der Waals surface area contributed by atoms with Crippen molar-refractivity contribution < 1.29 is 0 Å². The number of benzene rings is 2. The number of hydrogen-bond acceptors (Lipinski definition) is 6. The normalized spacial score (nSPS) is 12.4. The van der Waals surface area contributed by atoms with Gasteiger partial charge in [0.2, 0.25) is 0 Å². The zero-order valence-electron chi connectivity index (χ0n) is 20.6. The summed E-state index contributed by atoms with van der Waals surface area (Å²) >= 11 is 1.72. The van der Waals surface area contributed by atoms with Crippen LogP contribution >= 0.6 is 11.3 Å². The lowest BCUT2D eigenvalue weighted by molar-refractivity contribution is 0.162. The number of tetrazole rings is 1. The summed E-state index contributed by atoms with van der Waals surface area (Å²) in [5, 5.41) is 15.9. The lowest BCUT2D eigenvalue weighted by Crippen LogP contribution is -2.32. The first-order valence-corrected chi connectivity index (χ1v) is 13.2. The van der Waals surface area contributed by atoms with E-state index in [1.807, 2.05) is 28.9 Å². The van der Waals surface area contributed by atoms with Crippen LogP contribution in [0.15, 0.2) is 76.9 Å². The Kier molecular flexibility index (Phi) is 7.34. The molecule has 0 bridgehead atoms. The molecule has 7 nitrogen and oxygen atoms in total. The summed E-state index contributed by atoms with van der Waals surface area (Å²) in [5.74, 6) is 0.832. The van der Waals surface area contributed by atoms with E-state index in [0.29, 0.717) is 19.6 Å². The second-order valence-electron chi connectivity index (χ2n) is 9.12. The molecule has 184 valence electrons. The van der Waals surface area contributed by atoms with Crippen molar-refractivity contribution in [1.82, 2.24) is 30.1 Å². The zero-order chi connectivity index (χ0) is 24.9. The molecule has 1 N–H and O–H groups in total. The van der Waals surface area contributed by atoms with Gasteiger partial charge < -0.3 is 4.98 Å². The summed E-state index contributed by atoms with van der Waals surface area (Å²) < 4.78 is 1.91. The number of nitrogens with zero attached hydrogens (tertiary/aromatic N) is 5. The first-order valence-electron chi connectivity index (χ1n) is 12.3. The van der Waals surface area contributed by atoms with Crippen molar-refractivity contribution in [3.05, 3.63) is 110 Å². The number of hydrogen-bond donors (Lipinski definition) is 1. The van der Waals surface area contributed by atoms with Gasteiger partial charge in [0.05, 0.1) is 6.04 Å². The number of aromatic amines is 1. The molecule has 0 radical (unpaired) electrons. The molecule has 0 saturated carbocycles. The van der Waals surface area contributed by atoms with Crippen molar-refractivity contribution in [2.75, 3.05) is 0 Å². The standard InChI is InChI=1S/C28H30N6OS/c1-3-26(27-30-31-32-34(27)14-13-21-8-5-4-6-9-21)33(19-24-10-7-15-36-24)18-23-17-22-16-20(2)11-12-25(22)29-28(23)35/h4-12,15-17,26H,3,13-14,18-19H2,1-2H3,(H,29,35)/t26-/m0/s1. The summed E-state index contributed by atoms with van der Waals surface area (Å²) in [5.41, 5.74) is 3.96. The molecule has 0 saturated heterocycles. The molecule has 5 rings (SSSR count). The van der Waals surface area contributed by atoms with Gasteiger partial charge in [-0.1, -0.05) is 55.0 Å². The number of H-pyrrole nitrogens is 1. The van der Waals surface area contributed by atoms with Gasteiger partial charge in [0.15, 0.2) is 5.82 Å². The van der Waals surface area contributed by atoms with Gasteiger partial charge in [-0.2, -0.15) is 0 Å². The Bertz CT molecular complexity index is 1480. The van der Waals surface area contributed by atoms with Gasteiger partial charge >= 0.3 is 0 Å². The molecule has 1 atom stereocenters. The van der Waals surface area contributed by atoms with Crippen molar-refractivity contribution in [2.45, 2.75) is 52.4 Å². The highest BCUT2D eigenvalue weighted by molar-refractivity contribution is 7.09. The molecule has 0 aliphatic heterocycles. The summed E-state index contributed by atoms with van der Waals surface area (Å²) in [7, 11) is 0. The minimum atomic E-state index is -0.0546. The lowest BCUT2D eigenvalue weighted by Gasteiger charge is -2.30. The second-order valence-corrected chi connectivity index (χ2v) is 10.2. The van der Waals surface area contributed by atoms with E-state index in [1.165, 1.54) is 16.0 Å². The van der Waals surface area contributed by atoms with Crippen LogP contribution in [0.4, 0.5) is 0 Å². The predicted octanol–water partition coefficient (Wildman–Crippen LogP) is 5.28. The van der Waals surface area contributed by atoms with Gasteiger partial charge in [-0.05, 0) is 70.8 Å². The van der Waals surface area contributed by atoms with Gasteiger partial charge in [-0.15, -0.1) is 16.4 Å². The van der Waals surface area contributed by atoms with Crippen LogP contribution in [0.2, 0.25) is 0 Å². The number of aryl methyl sites for hydroxylation is 3. The summed E-state index contributed by atoms with van der Waals surface area (Å²) in [6.07, 6.45) is 1.67. The van der Waals surface area contributed by atoms with Gasteiger partial charge in [-0.3, -0.25) is 9.69 Å². The van der Waals surface area contributed by atoms with Crippen LogP contribution < -0.4 is 5.56 Å². The number of aromatic nitrogens is 5. The number of pyridine rings is 1. The monoisotopic (exact) mass is 498 g/mol. The third-order valence-corrected chi connectivity index (χ3v) is 7.39. The Balaban J connectivity index is 1.46. The number of fused-ring (bicyclic) bond motifs is 1. The van der Waals surface area contributed by atoms with Crippen LogP contribution in [-0.4, -0.2) is 30.1 Å². The van der Waals surface area contributed by atoms with E-state index < -0.39 is 0 Å². The first-order chi connectivity index (χ1) is 17.6. The fourth-order valence-electron chi connectivity index (χ4n) is 4.68. The van der Waals surface area contributed by atoms with Crippen LogP contribution in [0.25, 0.3) is 10.9 Å². The maximum Gasteiger partial charge on any atom is 0.252 e. The van der Waals surface area contributed by atoms with Gasteiger partial charge in [-0.25, -0.2) is 4.68 Å². The van der Waals surface area contributed by atoms with E-state index in [2.05, 4.69) is 87.1 Å². The average Bonchev–Trinajstić information content (AvgIpc) is 3.57. The molecule has 3 aromatic heterocycles. The molecule has 8 heteroatoms. The van der Waals surface area contributed by atoms with Gasteiger partial charge in [0.25, 0.3) is 5.56 Å². The molecule has 5 aromatic rings. The molecule has 3 heterocycles. The van der Waals surface area contributed by atoms with Crippen LogP contribution in [0, 0.1) is 6.92 Å². The Hall–Kier alpha value is -3.62. The second kappa shape index (κ2) is 11.0. The molecule has 0 spiro atoms. The predicted molar refractivity (Wildman–Crippen MR) is 144 cm³/mol. The SMILES string of the molecule is CC[C@@H](c1nnnn1CCc1ccccc1)N(Cc1cccs1)Cc1cc2cc(C)ccc2[nH]c1=O. The fraction of sp³-hybridized carbons (Fsp3) is 0.286. The first kappa shape index (κ1) is 24.1.